The van der Waals surface area contributed by atoms with E-state index in [1.165, 1.54) is 24.9 Å². The highest BCUT2D eigenvalue weighted by Gasteiger charge is 2.78. The van der Waals surface area contributed by atoms with E-state index in [1.54, 1.807) is 6.07 Å². The zero-order valence-electron chi connectivity index (χ0n) is 19.8. The Balaban J connectivity index is 1.25. The number of carbonyl (C=O) groups is 1. The Morgan fingerprint density at radius 3 is 2.83 bits per heavy atom. The lowest BCUT2D eigenvalue weighted by Gasteiger charge is -2.64. The first-order valence-corrected chi connectivity index (χ1v) is 13.7. The number of aromatic hydroxyl groups is 1. The molecule has 8 rings (SSSR count). The van der Waals surface area contributed by atoms with Crippen molar-refractivity contribution in [2.45, 2.75) is 67.7 Å². The van der Waals surface area contributed by atoms with Gasteiger partial charge in [-0.05, 0) is 80.8 Å². The second-order valence-corrected chi connectivity index (χ2v) is 12.3. The van der Waals surface area contributed by atoms with Crippen molar-refractivity contribution in [3.8, 4) is 5.75 Å². The lowest BCUT2D eigenvalue weighted by atomic mass is 9.46. The summed E-state index contributed by atoms with van der Waals surface area (Å²) in [5.41, 5.74) is 2.58. The summed E-state index contributed by atoms with van der Waals surface area (Å²) < 4.78 is 7.24. The average molecular weight is 491 g/mol. The van der Waals surface area contributed by atoms with Gasteiger partial charge in [0, 0.05) is 52.7 Å². The Labute approximate surface area is 211 Å². The summed E-state index contributed by atoms with van der Waals surface area (Å²) in [5, 5.41) is 11.9. The molecule has 1 amide bonds. The van der Waals surface area contributed by atoms with Gasteiger partial charge in [0.2, 0.25) is 0 Å². The van der Waals surface area contributed by atoms with Crippen LogP contribution in [0.4, 0.5) is 0 Å². The van der Waals surface area contributed by atoms with Crippen LogP contribution in [0.1, 0.15) is 53.6 Å². The normalized spacial score (nSPS) is 38.8. The number of nitrogens with zero attached hydrogens (tertiary/aromatic N) is 2. The number of ether oxygens (including phenoxy) is 1. The minimum absolute atomic E-state index is 0.0135. The molecule has 2 aromatic rings. The van der Waals surface area contributed by atoms with Gasteiger partial charge in [0.15, 0.2) is 0 Å². The molecule has 5 fully saturated rings. The Kier molecular flexibility index (Phi) is 4.22. The molecule has 6 atom stereocenters. The lowest BCUT2D eigenvalue weighted by Crippen LogP contribution is -2.74. The molecule has 5 unspecified atom stereocenters. The molecule has 0 aromatic heterocycles. The molecule has 3 saturated heterocycles. The summed E-state index contributed by atoms with van der Waals surface area (Å²) >= 11 is 6.23. The van der Waals surface area contributed by atoms with Crippen LogP contribution in [0.2, 0.25) is 5.02 Å². The van der Waals surface area contributed by atoms with Gasteiger partial charge >= 0.3 is 0 Å². The van der Waals surface area contributed by atoms with Crippen molar-refractivity contribution in [3.05, 3.63) is 64.2 Å². The van der Waals surface area contributed by atoms with Crippen LogP contribution in [-0.2, 0) is 16.6 Å². The zero-order chi connectivity index (χ0) is 23.5. The van der Waals surface area contributed by atoms with Gasteiger partial charge in [0.25, 0.3) is 5.91 Å². The maximum absolute atomic E-state index is 13.7. The maximum Gasteiger partial charge on any atom is 0.254 e. The molecule has 3 aliphatic carbocycles. The highest BCUT2D eigenvalue weighted by Crippen LogP contribution is 2.70. The summed E-state index contributed by atoms with van der Waals surface area (Å²) in [6.07, 6.45) is 6.58. The van der Waals surface area contributed by atoms with Crippen molar-refractivity contribution in [1.29, 1.82) is 0 Å². The average Bonchev–Trinajstić information content (AvgIpc) is 3.54. The van der Waals surface area contributed by atoms with E-state index in [9.17, 15) is 9.90 Å². The SMILES string of the molecule is O=C(c1cccc(Cl)c1)N1C[C@H]2OC34CCC1C2C31CCN(CC2CC2)C4Cc2cccc(O)c21. The summed E-state index contributed by atoms with van der Waals surface area (Å²) in [6.45, 7) is 2.86. The molecule has 6 heteroatoms. The molecule has 2 saturated carbocycles. The molecule has 182 valence electrons. The highest BCUT2D eigenvalue weighted by atomic mass is 35.5. The predicted molar refractivity (Wildman–Crippen MR) is 133 cm³/mol. The standard InChI is InChI=1S/C29H31ClN2O3/c30-20-5-1-4-19(13-20)27(34)32-16-23-26-21(32)9-10-29(35-23)24-14-18-3-2-6-22(33)25(18)28(26,29)11-12-31(24)15-17-7-8-17/h1-6,13,17,21,23-24,26,33H,7-12,14-16H2/t21?,23-,24?,26?,28?,29?/m1/s1. The molecule has 0 spiro atoms. The molecular weight excluding hydrogens is 460 g/mol. The van der Waals surface area contributed by atoms with Crippen molar-refractivity contribution in [1.82, 2.24) is 9.80 Å². The first-order chi connectivity index (χ1) is 17.0. The van der Waals surface area contributed by atoms with Crippen LogP contribution in [-0.4, -0.2) is 64.2 Å². The molecule has 6 aliphatic rings. The Morgan fingerprint density at radius 2 is 2.00 bits per heavy atom. The summed E-state index contributed by atoms with van der Waals surface area (Å²) in [4.78, 5) is 18.5. The van der Waals surface area contributed by atoms with E-state index >= 15 is 0 Å². The van der Waals surface area contributed by atoms with Gasteiger partial charge < -0.3 is 14.7 Å². The van der Waals surface area contributed by atoms with Crippen LogP contribution < -0.4 is 0 Å². The van der Waals surface area contributed by atoms with E-state index in [2.05, 4.69) is 15.9 Å². The molecule has 1 N–H and O–H groups in total. The van der Waals surface area contributed by atoms with Gasteiger partial charge in [-0.2, -0.15) is 0 Å². The molecule has 2 aromatic carbocycles. The van der Waals surface area contributed by atoms with Crippen LogP contribution in [0.15, 0.2) is 42.5 Å². The number of carbonyl (C=O) groups excluding carboxylic acids is 1. The first kappa shape index (κ1) is 21.0. The van der Waals surface area contributed by atoms with Crippen molar-refractivity contribution in [2.75, 3.05) is 19.6 Å². The summed E-state index contributed by atoms with van der Waals surface area (Å²) in [5.74, 6) is 1.53. The van der Waals surface area contributed by atoms with E-state index in [1.807, 2.05) is 30.3 Å². The summed E-state index contributed by atoms with van der Waals surface area (Å²) in [6, 6.07) is 13.9. The van der Waals surface area contributed by atoms with Gasteiger partial charge in [0.1, 0.15) is 5.75 Å². The number of likely N-dealkylation sites (tertiary alicyclic amines) is 2. The van der Waals surface area contributed by atoms with Crippen LogP contribution in [0, 0.1) is 11.8 Å². The van der Waals surface area contributed by atoms with Crippen LogP contribution in [0.25, 0.3) is 0 Å². The third kappa shape index (κ3) is 2.60. The van der Waals surface area contributed by atoms with E-state index in [4.69, 9.17) is 16.3 Å². The number of hydrogen-bond donors (Lipinski definition) is 1. The molecule has 5 nitrogen and oxygen atoms in total. The van der Waals surface area contributed by atoms with E-state index in [-0.39, 0.29) is 35.0 Å². The van der Waals surface area contributed by atoms with Gasteiger partial charge in [-0.1, -0.05) is 29.8 Å². The molecule has 3 aliphatic heterocycles. The fourth-order valence-corrected chi connectivity index (χ4v) is 9.31. The molecule has 3 heterocycles. The number of rotatable bonds is 3. The number of hydrogen-bond acceptors (Lipinski definition) is 4. The van der Waals surface area contributed by atoms with Crippen LogP contribution >= 0.6 is 11.6 Å². The third-order valence-corrected chi connectivity index (χ3v) is 10.6. The first-order valence-electron chi connectivity index (χ1n) is 13.3. The number of benzene rings is 2. The van der Waals surface area contributed by atoms with E-state index < -0.39 is 0 Å². The summed E-state index contributed by atoms with van der Waals surface area (Å²) in [7, 11) is 0. The third-order valence-electron chi connectivity index (χ3n) is 10.4. The fourth-order valence-electron chi connectivity index (χ4n) is 9.12. The van der Waals surface area contributed by atoms with Crippen molar-refractivity contribution in [3.63, 3.8) is 0 Å². The minimum Gasteiger partial charge on any atom is -0.508 e. The van der Waals surface area contributed by atoms with E-state index in [0.717, 1.165) is 43.7 Å². The van der Waals surface area contributed by atoms with Crippen LogP contribution in [0.5, 0.6) is 5.75 Å². The van der Waals surface area contributed by atoms with Crippen molar-refractivity contribution < 1.29 is 14.6 Å². The highest BCUT2D eigenvalue weighted by molar-refractivity contribution is 6.30. The number of fused-ring (bicyclic) bond motifs is 1. The quantitative estimate of drug-likeness (QED) is 0.693. The number of amides is 1. The zero-order valence-corrected chi connectivity index (χ0v) is 20.6. The molecule has 4 bridgehead atoms. The molecular formula is C29H31ClN2O3. The second kappa shape index (κ2) is 7.02. The number of phenolic OH excluding ortho intramolecular Hbond substituents is 1. The second-order valence-electron chi connectivity index (χ2n) is 11.8. The Hall–Kier alpha value is -2.08. The van der Waals surface area contributed by atoms with Gasteiger partial charge in [-0.25, -0.2) is 0 Å². The van der Waals surface area contributed by atoms with Crippen molar-refractivity contribution in [2.24, 2.45) is 11.8 Å². The topological polar surface area (TPSA) is 53.0 Å². The lowest BCUT2D eigenvalue weighted by molar-refractivity contribution is -0.171. The number of piperidine rings is 1. The minimum atomic E-state index is -0.261. The fraction of sp³-hybridized carbons (Fsp3) is 0.552. The van der Waals surface area contributed by atoms with Crippen LogP contribution in [0.3, 0.4) is 0 Å². The molecule has 0 radical (unpaired) electrons. The van der Waals surface area contributed by atoms with E-state index in [0.29, 0.717) is 28.9 Å². The Morgan fingerprint density at radius 1 is 1.14 bits per heavy atom. The predicted octanol–water partition coefficient (Wildman–Crippen LogP) is 4.40. The monoisotopic (exact) mass is 490 g/mol. The van der Waals surface area contributed by atoms with Gasteiger partial charge in [-0.15, -0.1) is 0 Å². The maximum atomic E-state index is 13.7. The largest absolute Gasteiger partial charge is 0.508 e. The smallest absolute Gasteiger partial charge is 0.254 e. The van der Waals surface area contributed by atoms with Gasteiger partial charge in [0.05, 0.1) is 11.7 Å². The van der Waals surface area contributed by atoms with Gasteiger partial charge in [-0.3, -0.25) is 9.69 Å². The number of halogens is 1. The molecule has 35 heavy (non-hydrogen) atoms. The number of phenols is 1. The van der Waals surface area contributed by atoms with Crippen molar-refractivity contribution >= 4 is 17.5 Å². The Bertz CT molecular complexity index is 1250.